The van der Waals surface area contributed by atoms with E-state index in [-0.39, 0.29) is 63.0 Å². The molecule has 1 aromatic carbocycles. The van der Waals surface area contributed by atoms with Crippen molar-refractivity contribution in [2.75, 3.05) is 141 Å². The van der Waals surface area contributed by atoms with Crippen LogP contribution in [0.5, 0.6) is 5.75 Å². The standard InChI is InChI=1S/C48H71F3N10O20P2/c49-33-23-37(50)43(38(51)24-33)81-40(62)5-8-71-11-14-74-17-18-76-16-13-73-10-7-60-28-35(57-58-60)29-78-22-21-77-20-19-75-15-12-72-9-6-52-46(65)32-26-59(27-32)48-55-44(54-34-3-1-2-4-34)36-25-53-61(45(36)56-48)47-42(64)41(63)39(80-47)30-79-83(69,70)31-82(66,67)68/h23-25,28,32,34,39,41-42,47,63-64,69-70H,1-22,26-27,29-31H2,(H3-,52,53,54,55,56,65,66,67,68)/p+1/t39-,41-,42-,47-/m1/s1. The second kappa shape index (κ2) is 33.2. The molecule has 30 nitrogen and oxygen atoms in total. The molecule has 464 valence electrons. The van der Waals surface area contributed by atoms with Crippen molar-refractivity contribution in [2.24, 2.45) is 5.92 Å². The fourth-order valence-electron chi connectivity index (χ4n) is 8.57. The van der Waals surface area contributed by atoms with Gasteiger partial charge in [-0.15, -0.1) is 5.10 Å². The number of halogens is 3. The van der Waals surface area contributed by atoms with Crippen molar-refractivity contribution < 1.29 is 109 Å². The second-order valence-corrected chi connectivity index (χ2v) is 23.3. The predicted octanol–water partition coefficient (Wildman–Crippen LogP) is 0.589. The molecule has 83 heavy (non-hydrogen) atoms. The van der Waals surface area contributed by atoms with Crippen molar-refractivity contribution in [2.45, 2.75) is 75.8 Å². The zero-order valence-corrected chi connectivity index (χ0v) is 47.2. The summed E-state index contributed by atoms with van der Waals surface area (Å²) < 4.78 is 114. The number of hydrogen-bond donors (Lipinski definition) is 8. The number of ether oxygens (including phenoxy) is 10. The molecule has 3 aliphatic rings. The first-order valence-electron chi connectivity index (χ1n) is 26.9. The van der Waals surface area contributed by atoms with Gasteiger partial charge >= 0.3 is 21.5 Å². The topological polar surface area (TPSA) is 376 Å². The third-order valence-electron chi connectivity index (χ3n) is 12.8. The molecule has 4 atom stereocenters. The lowest BCUT2D eigenvalue weighted by atomic mass is 10.00. The number of rotatable bonds is 40. The molecule has 3 fully saturated rings. The number of hydrogen-bond acceptors (Lipinski definition) is 25. The van der Waals surface area contributed by atoms with Crippen molar-refractivity contribution in [3.63, 3.8) is 0 Å². The molecule has 0 unspecified atom stereocenters. The lowest BCUT2D eigenvalue weighted by Gasteiger charge is -2.38. The fraction of sp³-hybridized carbons (Fsp3) is 0.688. The third-order valence-corrected chi connectivity index (χ3v) is 16.3. The zero-order chi connectivity index (χ0) is 59.2. The first-order chi connectivity index (χ1) is 39.9. The fourth-order valence-corrected chi connectivity index (χ4v) is 11.2. The van der Waals surface area contributed by atoms with Crippen LogP contribution < -0.4 is 20.3 Å². The second-order valence-electron chi connectivity index (χ2n) is 19.3. The lowest BCUT2D eigenvalue weighted by molar-refractivity contribution is -0.136. The molecule has 4 aromatic rings. The summed E-state index contributed by atoms with van der Waals surface area (Å²) in [4.78, 5) is 74.5. The van der Waals surface area contributed by atoms with Gasteiger partial charge in [0.1, 0.15) is 42.2 Å². The van der Waals surface area contributed by atoms with E-state index in [4.69, 9.17) is 66.9 Å². The smallest absolute Gasteiger partial charge is 0.419 e. The van der Waals surface area contributed by atoms with E-state index in [1.54, 1.807) is 10.9 Å². The van der Waals surface area contributed by atoms with E-state index >= 15 is 0 Å². The maximum absolute atomic E-state index is 13.6. The summed E-state index contributed by atoms with van der Waals surface area (Å²) in [5, 5.41) is 41.2. The van der Waals surface area contributed by atoms with E-state index in [0.717, 1.165) is 25.7 Å². The van der Waals surface area contributed by atoms with Gasteiger partial charge in [0.2, 0.25) is 23.5 Å². The molecule has 2 saturated heterocycles. The maximum atomic E-state index is 13.6. The number of fused-ring (bicyclic) bond motifs is 1. The van der Waals surface area contributed by atoms with Gasteiger partial charge in [0, 0.05) is 37.8 Å². The predicted molar refractivity (Wildman–Crippen MR) is 282 cm³/mol. The Hall–Kier alpha value is -4.74. The molecule has 0 spiro atoms. The molecule has 2 aliphatic heterocycles. The average molecular weight is 1230 g/mol. The van der Waals surface area contributed by atoms with Gasteiger partial charge in [-0.05, 0) is 12.8 Å². The van der Waals surface area contributed by atoms with Crippen molar-refractivity contribution in [1.82, 2.24) is 40.1 Å². The van der Waals surface area contributed by atoms with Crippen LogP contribution >= 0.6 is 15.5 Å². The van der Waals surface area contributed by atoms with Gasteiger partial charge in [-0.1, -0.05) is 18.1 Å². The van der Waals surface area contributed by atoms with E-state index < -0.39 is 81.8 Å². The molecule has 8 N–H and O–H groups in total. The highest BCUT2D eigenvalue weighted by Crippen LogP contribution is 2.61. The summed E-state index contributed by atoms with van der Waals surface area (Å²) in [6.07, 6.45) is 1.16. The van der Waals surface area contributed by atoms with Gasteiger partial charge in [0.05, 0.1) is 142 Å². The first kappa shape index (κ1) is 65.8. The number of carbonyl (C=O) groups is 2. The third kappa shape index (κ3) is 21.6. The van der Waals surface area contributed by atoms with Crippen LogP contribution in [0, 0.1) is 23.4 Å². The van der Waals surface area contributed by atoms with Crippen molar-refractivity contribution in [3.05, 3.63) is 47.7 Å². The van der Waals surface area contributed by atoms with Gasteiger partial charge in [-0.2, -0.15) is 29.4 Å². The maximum Gasteiger partial charge on any atom is 0.419 e. The summed E-state index contributed by atoms with van der Waals surface area (Å²) in [5.74, 6) is -6.70. The van der Waals surface area contributed by atoms with Gasteiger partial charge < -0.3 is 82.9 Å². The molecule has 1 amide bonds. The normalized spacial score (nSPS) is 18.8. The molecule has 7 rings (SSSR count). The Morgan fingerprint density at radius 1 is 0.783 bits per heavy atom. The highest BCUT2D eigenvalue weighted by Gasteiger charge is 2.50. The Morgan fingerprint density at radius 2 is 1.37 bits per heavy atom. The molecule has 3 aromatic heterocycles. The number of aromatic nitrogens is 7. The van der Waals surface area contributed by atoms with E-state index in [0.29, 0.717) is 134 Å². The first-order valence-corrected chi connectivity index (χ1v) is 30.5. The minimum Gasteiger partial charge on any atom is -0.420 e. The van der Waals surface area contributed by atoms with Crippen LogP contribution in [0.2, 0.25) is 0 Å². The Morgan fingerprint density at radius 3 is 2.00 bits per heavy atom. The largest absolute Gasteiger partial charge is 0.420 e. The number of esters is 1. The summed E-state index contributed by atoms with van der Waals surface area (Å²) in [7, 11) is -9.36. The number of benzene rings is 1. The summed E-state index contributed by atoms with van der Waals surface area (Å²) in [6.45, 7) is 5.38. The number of carbonyl (C=O) groups excluding carboxylic acids is 2. The summed E-state index contributed by atoms with van der Waals surface area (Å²) >= 11 is 0. The molecule has 0 bridgehead atoms. The molecular formula is C48H72F3N10O20P2+. The zero-order valence-electron chi connectivity index (χ0n) is 45.4. The monoisotopic (exact) mass is 1230 g/mol. The molecule has 0 radical (unpaired) electrons. The summed E-state index contributed by atoms with van der Waals surface area (Å²) in [6, 6.07) is 0.980. The van der Waals surface area contributed by atoms with Crippen LogP contribution in [0.4, 0.5) is 24.9 Å². The summed E-state index contributed by atoms with van der Waals surface area (Å²) in [5.41, 5.74) is 0.909. The Bertz CT molecular complexity index is 2670. The van der Waals surface area contributed by atoms with Gasteiger partial charge in [-0.25, -0.2) is 22.5 Å². The molecular weight excluding hydrogens is 1160 g/mol. The lowest BCUT2D eigenvalue weighted by Crippen LogP contribution is -2.54. The quantitative estimate of drug-likeness (QED) is 0.0131. The van der Waals surface area contributed by atoms with E-state index in [2.05, 4.69) is 30.8 Å². The number of aliphatic hydroxyl groups excluding tert-OH is 2. The van der Waals surface area contributed by atoms with Crippen LogP contribution in [0.15, 0.2) is 24.5 Å². The Balaban J connectivity index is 0.658. The Kier molecular flexibility index (Phi) is 26.4. The Labute approximate surface area is 474 Å². The van der Waals surface area contributed by atoms with E-state index in [1.165, 1.54) is 10.9 Å². The SMILES string of the molecule is O=C(CCOCCOCCOCCOCCn1cc(COCCOCCOCCOCCNC(=O)C2CN(c3nc(NC4CCCC4)c4cnn([C@@H]5O[C@H](CO[P+](O)(O)CP(=O)(O)O)[C@@H](O)[C@H]5O)c4n3)C2)nn1)Oc1c(F)cc(F)cc1F. The van der Waals surface area contributed by atoms with Crippen LogP contribution in [0.25, 0.3) is 11.0 Å². The molecule has 35 heteroatoms. The minimum atomic E-state index is -4.84. The van der Waals surface area contributed by atoms with Crippen molar-refractivity contribution >= 4 is 50.2 Å². The number of aliphatic hydroxyl groups is 2. The number of nitrogens with zero attached hydrogens (tertiary/aromatic N) is 8. The number of nitrogens with one attached hydrogen (secondary N) is 2. The minimum absolute atomic E-state index is 0.0639. The van der Waals surface area contributed by atoms with Crippen molar-refractivity contribution in [3.8, 4) is 5.75 Å². The van der Waals surface area contributed by atoms with Crippen LogP contribution in [-0.4, -0.2) is 232 Å². The number of anilines is 2. The van der Waals surface area contributed by atoms with Gasteiger partial charge in [0.25, 0.3) is 0 Å². The molecule has 5 heterocycles. The highest BCUT2D eigenvalue weighted by atomic mass is 31.3. The molecule has 1 saturated carbocycles. The average Bonchev–Trinajstić information content (AvgIpc) is 4.36. The van der Waals surface area contributed by atoms with Gasteiger partial charge in [-0.3, -0.25) is 14.2 Å². The number of amides is 1. The van der Waals surface area contributed by atoms with Crippen molar-refractivity contribution in [1.29, 1.82) is 0 Å². The van der Waals surface area contributed by atoms with E-state index in [9.17, 15) is 47.3 Å². The van der Waals surface area contributed by atoms with Crippen LogP contribution in [0.1, 0.15) is 44.0 Å². The highest BCUT2D eigenvalue weighted by molar-refractivity contribution is 7.73. The van der Waals surface area contributed by atoms with Crippen LogP contribution in [-0.2, 0) is 74.5 Å². The van der Waals surface area contributed by atoms with Crippen LogP contribution in [0.3, 0.4) is 0 Å². The van der Waals surface area contributed by atoms with E-state index in [1.807, 2.05) is 4.90 Å². The molecule has 1 aliphatic carbocycles. The van der Waals surface area contributed by atoms with Gasteiger partial charge in [0.15, 0.2) is 23.5 Å².